The lowest BCUT2D eigenvalue weighted by molar-refractivity contribution is 0.165. The SMILES string of the molecule is CCc1ccc(CC(O)CCc2cccnc2)cc1. The maximum Gasteiger partial charge on any atom is 0.0583 e. The van der Waals surface area contributed by atoms with Crippen molar-refractivity contribution < 1.29 is 5.11 Å². The van der Waals surface area contributed by atoms with E-state index in [1.54, 1.807) is 6.20 Å². The summed E-state index contributed by atoms with van der Waals surface area (Å²) in [6.07, 6.45) is 6.79. The third-order valence-electron chi connectivity index (χ3n) is 3.39. The zero-order valence-electron chi connectivity index (χ0n) is 11.4. The topological polar surface area (TPSA) is 33.1 Å². The molecule has 2 heteroatoms. The lowest BCUT2D eigenvalue weighted by Crippen LogP contribution is -2.11. The van der Waals surface area contributed by atoms with Gasteiger partial charge in [0.1, 0.15) is 0 Å². The largest absolute Gasteiger partial charge is 0.393 e. The summed E-state index contributed by atoms with van der Waals surface area (Å²) in [6.45, 7) is 2.15. The summed E-state index contributed by atoms with van der Waals surface area (Å²) in [5.41, 5.74) is 3.73. The Labute approximate surface area is 115 Å². The molecular formula is C17H21NO. The molecule has 19 heavy (non-hydrogen) atoms. The molecule has 0 radical (unpaired) electrons. The highest BCUT2D eigenvalue weighted by Crippen LogP contribution is 2.11. The van der Waals surface area contributed by atoms with E-state index in [-0.39, 0.29) is 6.10 Å². The number of benzene rings is 1. The van der Waals surface area contributed by atoms with E-state index >= 15 is 0 Å². The molecule has 1 unspecified atom stereocenters. The number of nitrogens with zero attached hydrogens (tertiary/aromatic N) is 1. The summed E-state index contributed by atoms with van der Waals surface area (Å²) in [5, 5.41) is 10.1. The van der Waals surface area contributed by atoms with Gasteiger partial charge >= 0.3 is 0 Å². The molecule has 2 aromatic rings. The maximum atomic E-state index is 10.1. The van der Waals surface area contributed by atoms with Crippen molar-refractivity contribution in [2.45, 2.75) is 38.7 Å². The lowest BCUT2D eigenvalue weighted by atomic mass is 10.0. The van der Waals surface area contributed by atoms with E-state index < -0.39 is 0 Å². The molecule has 0 aliphatic rings. The molecule has 100 valence electrons. The Morgan fingerprint density at radius 3 is 2.42 bits per heavy atom. The fourth-order valence-corrected chi connectivity index (χ4v) is 2.16. The summed E-state index contributed by atoms with van der Waals surface area (Å²) >= 11 is 0. The van der Waals surface area contributed by atoms with Crippen LogP contribution in [0, 0.1) is 0 Å². The van der Waals surface area contributed by atoms with E-state index in [2.05, 4.69) is 42.2 Å². The van der Waals surface area contributed by atoms with Crippen molar-refractivity contribution in [3.05, 3.63) is 65.5 Å². The monoisotopic (exact) mass is 255 g/mol. The van der Waals surface area contributed by atoms with Gasteiger partial charge in [-0.25, -0.2) is 0 Å². The first kappa shape index (κ1) is 13.8. The van der Waals surface area contributed by atoms with Crippen LogP contribution >= 0.6 is 0 Å². The summed E-state index contributed by atoms with van der Waals surface area (Å²) in [6, 6.07) is 12.5. The van der Waals surface area contributed by atoms with Crippen LogP contribution in [0.1, 0.15) is 30.0 Å². The van der Waals surface area contributed by atoms with E-state index in [4.69, 9.17) is 0 Å². The molecule has 2 nitrogen and oxygen atoms in total. The first-order valence-electron chi connectivity index (χ1n) is 6.92. The van der Waals surface area contributed by atoms with Crippen molar-refractivity contribution >= 4 is 0 Å². The first-order valence-corrected chi connectivity index (χ1v) is 6.92. The molecule has 0 aliphatic heterocycles. The molecule has 0 aliphatic carbocycles. The Hall–Kier alpha value is -1.67. The second-order valence-electron chi connectivity index (χ2n) is 4.93. The Morgan fingerprint density at radius 1 is 1.05 bits per heavy atom. The van der Waals surface area contributed by atoms with Crippen molar-refractivity contribution in [3.8, 4) is 0 Å². The molecule has 0 saturated heterocycles. The summed E-state index contributed by atoms with van der Waals surface area (Å²) in [5.74, 6) is 0. The van der Waals surface area contributed by atoms with Gasteiger partial charge in [-0.15, -0.1) is 0 Å². The van der Waals surface area contributed by atoms with Crippen molar-refractivity contribution in [2.75, 3.05) is 0 Å². The second-order valence-corrected chi connectivity index (χ2v) is 4.93. The van der Waals surface area contributed by atoms with E-state index in [1.165, 1.54) is 16.7 Å². The lowest BCUT2D eigenvalue weighted by Gasteiger charge is -2.11. The Balaban J connectivity index is 1.82. The van der Waals surface area contributed by atoms with Crippen LogP contribution in [0.2, 0.25) is 0 Å². The van der Waals surface area contributed by atoms with Crippen LogP contribution in [-0.4, -0.2) is 16.2 Å². The van der Waals surface area contributed by atoms with Gasteiger partial charge in [0.05, 0.1) is 6.10 Å². The summed E-state index contributed by atoms with van der Waals surface area (Å²) in [7, 11) is 0. The Kier molecular flexibility index (Phi) is 5.10. The van der Waals surface area contributed by atoms with Gasteiger partial charge in [0.25, 0.3) is 0 Å². The van der Waals surface area contributed by atoms with Crippen LogP contribution in [-0.2, 0) is 19.3 Å². The van der Waals surface area contributed by atoms with Crippen LogP contribution < -0.4 is 0 Å². The molecule has 0 spiro atoms. The van der Waals surface area contributed by atoms with Crippen LogP contribution in [0.25, 0.3) is 0 Å². The van der Waals surface area contributed by atoms with Gasteiger partial charge in [-0.3, -0.25) is 4.98 Å². The van der Waals surface area contributed by atoms with Crippen molar-refractivity contribution in [2.24, 2.45) is 0 Å². The predicted octanol–water partition coefficient (Wildman–Crippen LogP) is 3.18. The average molecular weight is 255 g/mol. The molecule has 2 rings (SSSR count). The number of hydrogen-bond acceptors (Lipinski definition) is 2. The van der Waals surface area contributed by atoms with E-state index in [0.717, 1.165) is 25.7 Å². The minimum atomic E-state index is -0.285. The van der Waals surface area contributed by atoms with E-state index in [0.29, 0.717) is 0 Å². The van der Waals surface area contributed by atoms with Gasteiger partial charge in [0.2, 0.25) is 0 Å². The second kappa shape index (κ2) is 7.05. The maximum absolute atomic E-state index is 10.1. The molecule has 1 aromatic carbocycles. The van der Waals surface area contributed by atoms with Crippen LogP contribution in [0.15, 0.2) is 48.8 Å². The zero-order chi connectivity index (χ0) is 13.5. The molecule has 0 saturated carbocycles. The predicted molar refractivity (Wildman–Crippen MR) is 78.1 cm³/mol. The van der Waals surface area contributed by atoms with Crippen molar-refractivity contribution in [3.63, 3.8) is 0 Å². The third-order valence-corrected chi connectivity index (χ3v) is 3.39. The Morgan fingerprint density at radius 2 is 1.79 bits per heavy atom. The third kappa shape index (κ3) is 4.49. The highest BCUT2D eigenvalue weighted by atomic mass is 16.3. The fourth-order valence-electron chi connectivity index (χ4n) is 2.16. The normalized spacial score (nSPS) is 12.3. The number of aromatic nitrogens is 1. The molecule has 1 atom stereocenters. The highest BCUT2D eigenvalue weighted by molar-refractivity contribution is 5.23. The number of aryl methyl sites for hydroxylation is 2. The van der Waals surface area contributed by atoms with Crippen LogP contribution in [0.4, 0.5) is 0 Å². The molecule has 0 fully saturated rings. The van der Waals surface area contributed by atoms with Gasteiger partial charge in [-0.1, -0.05) is 37.3 Å². The number of pyridine rings is 1. The zero-order valence-corrected chi connectivity index (χ0v) is 11.4. The van der Waals surface area contributed by atoms with Gasteiger partial charge in [0, 0.05) is 12.4 Å². The molecule has 0 amide bonds. The van der Waals surface area contributed by atoms with Crippen LogP contribution in [0.3, 0.4) is 0 Å². The summed E-state index contributed by atoms with van der Waals surface area (Å²) in [4.78, 5) is 4.08. The first-order chi connectivity index (χ1) is 9.28. The molecule has 0 bridgehead atoms. The Bertz CT molecular complexity index is 478. The molecule has 1 heterocycles. The molecule has 1 N–H and O–H groups in total. The fraction of sp³-hybridized carbons (Fsp3) is 0.353. The average Bonchev–Trinajstić information content (AvgIpc) is 2.47. The number of aliphatic hydroxyl groups is 1. The van der Waals surface area contributed by atoms with Gasteiger partial charge in [0.15, 0.2) is 0 Å². The van der Waals surface area contributed by atoms with Gasteiger partial charge in [-0.05, 0) is 48.4 Å². The number of rotatable bonds is 6. The molecule has 1 aromatic heterocycles. The summed E-state index contributed by atoms with van der Waals surface area (Å²) < 4.78 is 0. The van der Waals surface area contributed by atoms with Gasteiger partial charge in [-0.2, -0.15) is 0 Å². The van der Waals surface area contributed by atoms with Crippen molar-refractivity contribution in [1.82, 2.24) is 4.98 Å². The highest BCUT2D eigenvalue weighted by Gasteiger charge is 2.06. The smallest absolute Gasteiger partial charge is 0.0583 e. The number of hydrogen-bond donors (Lipinski definition) is 1. The van der Waals surface area contributed by atoms with Crippen molar-refractivity contribution in [1.29, 1.82) is 0 Å². The van der Waals surface area contributed by atoms with E-state index in [1.807, 2.05) is 12.3 Å². The van der Waals surface area contributed by atoms with Crippen LogP contribution in [0.5, 0.6) is 0 Å². The van der Waals surface area contributed by atoms with E-state index in [9.17, 15) is 5.11 Å². The quantitative estimate of drug-likeness (QED) is 0.860. The van der Waals surface area contributed by atoms with Gasteiger partial charge < -0.3 is 5.11 Å². The minimum Gasteiger partial charge on any atom is -0.393 e. The number of aliphatic hydroxyl groups excluding tert-OH is 1. The minimum absolute atomic E-state index is 0.285. The molecular weight excluding hydrogens is 234 g/mol. The standard InChI is InChI=1S/C17H21NO/c1-2-14-5-7-15(8-6-14)12-17(19)10-9-16-4-3-11-18-13-16/h3-8,11,13,17,19H,2,9-10,12H2,1H3.